The first-order chi connectivity index (χ1) is 20.0. The van der Waals surface area contributed by atoms with Crippen LogP contribution in [0.25, 0.3) is 0 Å². The molecule has 4 nitrogen and oxygen atoms in total. The summed E-state index contributed by atoms with van der Waals surface area (Å²) in [6.07, 6.45) is 10.2. The fraction of sp³-hybridized carbons (Fsp3) is 0.257. The predicted octanol–water partition coefficient (Wildman–Crippen LogP) is 8.92. The summed E-state index contributed by atoms with van der Waals surface area (Å²) in [4.78, 5) is 24.3. The van der Waals surface area contributed by atoms with E-state index >= 15 is 0 Å². The van der Waals surface area contributed by atoms with Gasteiger partial charge in [0.05, 0.1) is 11.1 Å². The van der Waals surface area contributed by atoms with Gasteiger partial charge in [0.1, 0.15) is 23.1 Å². The van der Waals surface area contributed by atoms with Crippen molar-refractivity contribution in [2.45, 2.75) is 57.8 Å². The van der Waals surface area contributed by atoms with E-state index in [1.807, 2.05) is 24.3 Å². The van der Waals surface area contributed by atoms with E-state index in [1.54, 1.807) is 24.3 Å². The Bertz CT molecular complexity index is 1270. The van der Waals surface area contributed by atoms with Crippen LogP contribution >= 0.6 is 0 Å². The van der Waals surface area contributed by atoms with Crippen LogP contribution in [0.2, 0.25) is 0 Å². The molecule has 0 aromatic heterocycles. The van der Waals surface area contributed by atoms with Gasteiger partial charge in [0, 0.05) is 0 Å². The molecule has 0 bridgehead atoms. The number of carbonyl (C=O) groups is 2. The van der Waals surface area contributed by atoms with E-state index in [1.165, 1.54) is 91.8 Å². The average molecular weight is 557 g/mol. The lowest BCUT2D eigenvalue weighted by Crippen LogP contribution is -2.08. The number of esters is 2. The van der Waals surface area contributed by atoms with Gasteiger partial charge < -0.3 is 9.47 Å². The number of carbonyl (C=O) groups excluding carboxylic acids is 2. The van der Waals surface area contributed by atoms with Gasteiger partial charge in [0.15, 0.2) is 0 Å². The predicted molar refractivity (Wildman–Crippen MR) is 155 cm³/mol. The van der Waals surface area contributed by atoms with Crippen LogP contribution in [-0.4, -0.2) is 11.9 Å². The van der Waals surface area contributed by atoms with Crippen LogP contribution < -0.4 is 9.47 Å². The van der Waals surface area contributed by atoms with Crippen molar-refractivity contribution in [3.05, 3.63) is 131 Å². The minimum atomic E-state index is -0.502. The Labute approximate surface area is 239 Å². The number of benzene rings is 4. The summed E-state index contributed by atoms with van der Waals surface area (Å²) in [6.45, 7) is 0. The maximum atomic E-state index is 13.0. The first-order valence-electron chi connectivity index (χ1n) is 14.1. The van der Waals surface area contributed by atoms with E-state index in [9.17, 15) is 18.4 Å². The number of rotatable bonds is 14. The fourth-order valence-electron chi connectivity index (χ4n) is 4.49. The van der Waals surface area contributed by atoms with Crippen molar-refractivity contribution in [1.82, 2.24) is 0 Å². The second-order valence-corrected chi connectivity index (χ2v) is 10.1. The van der Waals surface area contributed by atoms with Gasteiger partial charge >= 0.3 is 11.9 Å². The fourth-order valence-corrected chi connectivity index (χ4v) is 4.49. The number of ether oxygens (including phenoxy) is 2. The maximum Gasteiger partial charge on any atom is 0.343 e. The van der Waals surface area contributed by atoms with Gasteiger partial charge in [-0.1, -0.05) is 56.4 Å². The second-order valence-electron chi connectivity index (χ2n) is 10.1. The molecule has 4 aromatic rings. The quantitative estimate of drug-likeness (QED) is 0.0884. The lowest BCUT2D eigenvalue weighted by atomic mass is 10.0. The summed E-state index contributed by atoms with van der Waals surface area (Å²) in [5.41, 5.74) is 3.05. The van der Waals surface area contributed by atoms with Gasteiger partial charge in [-0.15, -0.1) is 0 Å². The Morgan fingerprint density at radius 1 is 0.439 bits per heavy atom. The van der Waals surface area contributed by atoms with Crippen molar-refractivity contribution in [2.75, 3.05) is 0 Å². The maximum absolute atomic E-state index is 13.0. The van der Waals surface area contributed by atoms with Gasteiger partial charge in [-0.2, -0.15) is 0 Å². The average Bonchev–Trinajstić information content (AvgIpc) is 2.98. The molecule has 0 amide bonds. The largest absolute Gasteiger partial charge is 0.423 e. The Balaban J connectivity index is 1.03. The van der Waals surface area contributed by atoms with E-state index in [4.69, 9.17) is 9.47 Å². The number of hydrogen-bond donors (Lipinski definition) is 0. The zero-order chi connectivity index (χ0) is 28.9. The number of halogens is 2. The van der Waals surface area contributed by atoms with Crippen LogP contribution in [0.3, 0.4) is 0 Å². The third-order valence-electron chi connectivity index (χ3n) is 6.86. The molecule has 0 fully saturated rings. The van der Waals surface area contributed by atoms with E-state index in [0.717, 1.165) is 25.7 Å². The van der Waals surface area contributed by atoms with Crippen LogP contribution in [-0.2, 0) is 12.8 Å². The Morgan fingerprint density at radius 2 is 0.756 bits per heavy atom. The van der Waals surface area contributed by atoms with E-state index in [2.05, 4.69) is 0 Å². The molecule has 0 unspecified atom stereocenters. The van der Waals surface area contributed by atoms with Crippen LogP contribution in [0.15, 0.2) is 97.1 Å². The first kappa shape index (κ1) is 29.7. The molecule has 0 aliphatic heterocycles. The van der Waals surface area contributed by atoms with Gasteiger partial charge in [-0.3, -0.25) is 0 Å². The van der Waals surface area contributed by atoms with Crippen molar-refractivity contribution in [3.63, 3.8) is 0 Å². The molecule has 0 spiro atoms. The van der Waals surface area contributed by atoms with Gasteiger partial charge in [0.25, 0.3) is 0 Å². The van der Waals surface area contributed by atoms with Crippen molar-refractivity contribution in [3.8, 4) is 11.5 Å². The highest BCUT2D eigenvalue weighted by Gasteiger charge is 2.10. The van der Waals surface area contributed by atoms with Crippen LogP contribution in [0, 0.1) is 11.6 Å². The second kappa shape index (κ2) is 15.5. The topological polar surface area (TPSA) is 52.6 Å². The highest BCUT2D eigenvalue weighted by molar-refractivity contribution is 5.91. The van der Waals surface area contributed by atoms with Crippen LogP contribution in [0.5, 0.6) is 11.5 Å². The molecule has 0 saturated heterocycles. The lowest BCUT2D eigenvalue weighted by molar-refractivity contribution is 0.0725. The number of hydrogen-bond acceptors (Lipinski definition) is 4. The minimum absolute atomic E-state index is 0.314. The van der Waals surface area contributed by atoms with Crippen molar-refractivity contribution < 1.29 is 27.8 Å². The SMILES string of the molecule is O=C(Oc1ccc(CCCCCCCCCc2ccc(OC(=O)c3ccc(F)cc3)cc2)cc1)c1ccc(F)cc1. The van der Waals surface area contributed by atoms with Gasteiger partial charge in [-0.25, -0.2) is 18.4 Å². The van der Waals surface area contributed by atoms with Gasteiger partial charge in [0.2, 0.25) is 0 Å². The monoisotopic (exact) mass is 556 g/mol. The van der Waals surface area contributed by atoms with Crippen molar-refractivity contribution >= 4 is 11.9 Å². The Morgan fingerprint density at radius 3 is 1.10 bits per heavy atom. The zero-order valence-electron chi connectivity index (χ0n) is 23.0. The molecule has 0 aliphatic carbocycles. The summed E-state index contributed by atoms with van der Waals surface area (Å²) in [5, 5.41) is 0. The highest BCUT2D eigenvalue weighted by atomic mass is 19.1. The normalized spacial score (nSPS) is 10.8. The molecule has 0 atom stereocenters. The molecule has 4 rings (SSSR count). The molecular formula is C35H34F2O4. The molecule has 212 valence electrons. The van der Waals surface area contributed by atoms with E-state index in [-0.39, 0.29) is 0 Å². The van der Waals surface area contributed by atoms with Crippen LogP contribution in [0.1, 0.15) is 76.8 Å². The summed E-state index contributed by atoms with van der Waals surface area (Å²) < 4.78 is 36.7. The zero-order valence-corrected chi connectivity index (χ0v) is 23.0. The molecular weight excluding hydrogens is 522 g/mol. The number of unbranched alkanes of at least 4 members (excludes halogenated alkanes) is 6. The van der Waals surface area contributed by atoms with Crippen molar-refractivity contribution in [1.29, 1.82) is 0 Å². The third kappa shape index (κ3) is 9.98. The molecule has 0 N–H and O–H groups in total. The van der Waals surface area contributed by atoms with Gasteiger partial charge in [-0.05, 0) is 110 Å². The summed E-state index contributed by atoms with van der Waals surface area (Å²) in [7, 11) is 0. The molecule has 0 radical (unpaired) electrons. The summed E-state index contributed by atoms with van der Waals surface area (Å²) in [6, 6.07) is 25.7. The molecule has 4 aromatic carbocycles. The molecule has 6 heteroatoms. The molecule has 41 heavy (non-hydrogen) atoms. The Kier molecular flexibility index (Phi) is 11.2. The molecule has 0 aliphatic rings. The van der Waals surface area contributed by atoms with Crippen LogP contribution in [0.4, 0.5) is 8.78 Å². The summed E-state index contributed by atoms with van der Waals surface area (Å²) >= 11 is 0. The standard InChI is InChI=1S/C35H34F2O4/c36-30-18-14-28(15-19-30)34(38)40-32-22-10-26(11-23-32)8-6-4-2-1-3-5-7-9-27-12-24-33(25-13-27)41-35(39)29-16-20-31(37)21-17-29/h10-25H,1-9H2. The minimum Gasteiger partial charge on any atom is -0.423 e. The van der Waals surface area contributed by atoms with E-state index < -0.39 is 23.6 Å². The summed E-state index contributed by atoms with van der Waals surface area (Å²) in [5.74, 6) is -0.833. The first-order valence-corrected chi connectivity index (χ1v) is 14.1. The number of aryl methyl sites for hydroxylation is 2. The molecule has 0 heterocycles. The van der Waals surface area contributed by atoms with E-state index in [0.29, 0.717) is 22.6 Å². The Hall–Kier alpha value is -4.32. The molecule has 0 saturated carbocycles. The third-order valence-corrected chi connectivity index (χ3v) is 6.86. The highest BCUT2D eigenvalue weighted by Crippen LogP contribution is 2.19. The smallest absolute Gasteiger partial charge is 0.343 e. The lowest BCUT2D eigenvalue weighted by Gasteiger charge is -2.07. The van der Waals surface area contributed by atoms with Crippen molar-refractivity contribution in [2.24, 2.45) is 0 Å².